The average molecular weight is 547 g/mol. The van der Waals surface area contributed by atoms with E-state index < -0.39 is 16.3 Å². The predicted molar refractivity (Wildman–Crippen MR) is 156 cm³/mol. The number of unbranched alkanes of at least 4 members (excludes halogenated alkanes) is 1. The van der Waals surface area contributed by atoms with Gasteiger partial charge in [0.15, 0.2) is 11.1 Å². The lowest BCUT2D eigenvalue weighted by Crippen LogP contribution is -2.43. The minimum absolute atomic E-state index is 0.155. The van der Waals surface area contributed by atoms with E-state index in [1.54, 1.807) is 0 Å². The first kappa shape index (κ1) is 27.7. The SMILES string of the molecule is O=S(O)C(C=C1CN(C(c2ccccc2)c2ccccc2)C1)c1cccc(OCCCCN2CCOCC2)c1. The lowest BCUT2D eigenvalue weighted by Gasteiger charge is -2.41. The third kappa shape index (κ3) is 7.65. The lowest BCUT2D eigenvalue weighted by molar-refractivity contribution is 0.0368. The van der Waals surface area contributed by atoms with E-state index in [9.17, 15) is 8.76 Å². The van der Waals surface area contributed by atoms with Gasteiger partial charge in [-0.1, -0.05) is 78.9 Å². The van der Waals surface area contributed by atoms with Crippen LogP contribution in [0.4, 0.5) is 0 Å². The molecule has 2 saturated heterocycles. The van der Waals surface area contributed by atoms with Crippen molar-refractivity contribution in [3.05, 3.63) is 113 Å². The van der Waals surface area contributed by atoms with Crippen molar-refractivity contribution in [1.29, 1.82) is 0 Å². The number of rotatable bonds is 12. The molecule has 3 aromatic rings. The van der Waals surface area contributed by atoms with Gasteiger partial charge in [-0.15, -0.1) is 0 Å². The number of benzene rings is 3. The van der Waals surface area contributed by atoms with Crippen LogP contribution in [0.15, 0.2) is 96.6 Å². The molecule has 2 fully saturated rings. The lowest BCUT2D eigenvalue weighted by atomic mass is 9.92. The second-order valence-electron chi connectivity index (χ2n) is 10.2. The van der Waals surface area contributed by atoms with Crippen LogP contribution in [0.3, 0.4) is 0 Å². The van der Waals surface area contributed by atoms with Gasteiger partial charge >= 0.3 is 0 Å². The standard InChI is InChI=1S/C32H38N2O4S/c35-39(36)31(29-14-9-15-30(23-29)38-19-8-7-16-33-17-20-37-21-18-33)22-26-24-34(25-26)32(27-10-3-1-4-11-27)28-12-5-2-6-13-28/h1-6,9-15,22-23,31-32H,7-8,16-21,24-25H2,(H,35,36). The molecule has 2 aliphatic heterocycles. The van der Waals surface area contributed by atoms with Gasteiger partial charge in [0.1, 0.15) is 11.0 Å². The first-order valence-electron chi connectivity index (χ1n) is 13.8. The van der Waals surface area contributed by atoms with Crippen molar-refractivity contribution in [2.24, 2.45) is 0 Å². The van der Waals surface area contributed by atoms with Gasteiger partial charge in [0.25, 0.3) is 0 Å². The highest BCUT2D eigenvalue weighted by Gasteiger charge is 2.31. The fourth-order valence-electron chi connectivity index (χ4n) is 5.37. The van der Waals surface area contributed by atoms with Gasteiger partial charge in [-0.3, -0.25) is 9.80 Å². The van der Waals surface area contributed by atoms with Crippen molar-refractivity contribution in [3.8, 4) is 5.75 Å². The van der Waals surface area contributed by atoms with Crippen LogP contribution in [0.2, 0.25) is 0 Å². The van der Waals surface area contributed by atoms with Crippen LogP contribution >= 0.6 is 0 Å². The molecule has 206 valence electrons. The van der Waals surface area contributed by atoms with E-state index in [1.807, 2.05) is 42.5 Å². The average Bonchev–Trinajstić information content (AvgIpc) is 2.95. The van der Waals surface area contributed by atoms with E-state index in [4.69, 9.17) is 9.47 Å². The van der Waals surface area contributed by atoms with Crippen molar-refractivity contribution in [2.45, 2.75) is 24.1 Å². The second-order valence-corrected chi connectivity index (χ2v) is 11.3. The van der Waals surface area contributed by atoms with E-state index >= 15 is 0 Å². The molecule has 2 unspecified atom stereocenters. The smallest absolute Gasteiger partial charge is 0.164 e. The molecule has 0 aromatic heterocycles. The Bertz CT molecular complexity index is 1180. The molecule has 3 aromatic carbocycles. The Morgan fingerprint density at radius 3 is 2.15 bits per heavy atom. The molecule has 2 aliphatic rings. The largest absolute Gasteiger partial charge is 0.494 e. The first-order chi connectivity index (χ1) is 19.2. The Kier molecular flexibility index (Phi) is 9.97. The summed E-state index contributed by atoms with van der Waals surface area (Å²) in [5, 5.41) is -0.584. The highest BCUT2D eigenvalue weighted by atomic mass is 32.2. The molecular formula is C32H38N2O4S. The maximum Gasteiger partial charge on any atom is 0.164 e. The molecule has 0 radical (unpaired) electrons. The maximum absolute atomic E-state index is 12.4. The number of hydrogen-bond acceptors (Lipinski definition) is 5. The van der Waals surface area contributed by atoms with Crippen molar-refractivity contribution < 1.29 is 18.2 Å². The molecule has 2 heterocycles. The quantitative estimate of drug-likeness (QED) is 0.185. The van der Waals surface area contributed by atoms with Gasteiger partial charge in [-0.2, -0.15) is 0 Å². The molecule has 0 bridgehead atoms. The zero-order valence-electron chi connectivity index (χ0n) is 22.4. The number of hydrogen-bond donors (Lipinski definition) is 1. The fourth-order valence-corrected chi connectivity index (χ4v) is 6.05. The number of morpholine rings is 1. The van der Waals surface area contributed by atoms with Gasteiger partial charge in [-0.05, 0) is 53.8 Å². The highest BCUT2D eigenvalue weighted by Crippen LogP contribution is 2.35. The molecule has 1 N–H and O–H groups in total. The molecule has 5 rings (SSSR count). The number of ether oxygens (including phenoxy) is 2. The normalized spacial score (nSPS) is 17.9. The topological polar surface area (TPSA) is 62.2 Å². The Morgan fingerprint density at radius 2 is 1.51 bits per heavy atom. The molecule has 0 spiro atoms. The van der Waals surface area contributed by atoms with E-state index in [0.717, 1.165) is 70.1 Å². The Balaban J connectivity index is 1.19. The molecule has 0 aliphatic carbocycles. The predicted octanol–water partition coefficient (Wildman–Crippen LogP) is 5.47. The summed E-state index contributed by atoms with van der Waals surface area (Å²) >= 11 is -2.02. The summed E-state index contributed by atoms with van der Waals surface area (Å²) < 4.78 is 34.0. The van der Waals surface area contributed by atoms with Gasteiger partial charge in [0.05, 0.1) is 25.9 Å². The van der Waals surface area contributed by atoms with Crippen molar-refractivity contribution in [2.75, 3.05) is 52.5 Å². The van der Waals surface area contributed by atoms with E-state index in [1.165, 1.54) is 16.7 Å². The Morgan fingerprint density at radius 1 is 0.872 bits per heavy atom. The van der Waals surface area contributed by atoms with Gasteiger partial charge in [-0.25, -0.2) is 4.21 Å². The molecular weight excluding hydrogens is 508 g/mol. The molecule has 0 saturated carbocycles. The summed E-state index contributed by atoms with van der Waals surface area (Å²) in [5.74, 6) is 0.746. The van der Waals surface area contributed by atoms with Crippen LogP contribution in [0.5, 0.6) is 5.75 Å². The van der Waals surface area contributed by atoms with E-state index in [-0.39, 0.29) is 6.04 Å². The minimum atomic E-state index is -2.02. The molecule has 2 atom stereocenters. The van der Waals surface area contributed by atoms with Crippen LogP contribution in [-0.2, 0) is 15.8 Å². The second kappa shape index (κ2) is 14.0. The third-order valence-electron chi connectivity index (χ3n) is 7.44. The van der Waals surface area contributed by atoms with Gasteiger partial charge < -0.3 is 14.0 Å². The Labute approximate surface area is 234 Å². The summed E-state index contributed by atoms with van der Waals surface area (Å²) in [4.78, 5) is 4.84. The van der Waals surface area contributed by atoms with Crippen LogP contribution in [0.25, 0.3) is 0 Å². The van der Waals surface area contributed by atoms with E-state index in [0.29, 0.717) is 6.61 Å². The van der Waals surface area contributed by atoms with Crippen LogP contribution in [-0.4, -0.2) is 71.1 Å². The summed E-state index contributed by atoms with van der Waals surface area (Å²) in [7, 11) is 0. The number of nitrogens with zero attached hydrogens (tertiary/aromatic N) is 2. The Hall–Kier alpha value is -2.81. The van der Waals surface area contributed by atoms with Gasteiger partial charge in [0.2, 0.25) is 0 Å². The van der Waals surface area contributed by atoms with Gasteiger partial charge in [0, 0.05) is 26.2 Å². The highest BCUT2D eigenvalue weighted by molar-refractivity contribution is 7.79. The minimum Gasteiger partial charge on any atom is -0.494 e. The van der Waals surface area contributed by atoms with Crippen LogP contribution in [0, 0.1) is 0 Å². The molecule has 39 heavy (non-hydrogen) atoms. The van der Waals surface area contributed by atoms with Crippen LogP contribution < -0.4 is 4.74 Å². The monoisotopic (exact) mass is 546 g/mol. The summed E-state index contributed by atoms with van der Waals surface area (Å²) in [6.45, 7) is 6.90. The number of likely N-dealkylation sites (tertiary alicyclic amines) is 1. The van der Waals surface area contributed by atoms with Crippen molar-refractivity contribution in [1.82, 2.24) is 9.80 Å². The fraction of sp³-hybridized carbons (Fsp3) is 0.375. The summed E-state index contributed by atoms with van der Waals surface area (Å²) in [6, 6.07) is 28.8. The van der Waals surface area contributed by atoms with Crippen LogP contribution in [0.1, 0.15) is 40.8 Å². The molecule has 0 amide bonds. The third-order valence-corrected chi connectivity index (χ3v) is 8.28. The maximum atomic E-state index is 12.4. The molecule has 6 nitrogen and oxygen atoms in total. The van der Waals surface area contributed by atoms with E-state index in [2.05, 4.69) is 58.3 Å². The zero-order valence-corrected chi connectivity index (χ0v) is 23.2. The summed E-state index contributed by atoms with van der Waals surface area (Å²) in [6.07, 6.45) is 4.03. The van der Waals surface area contributed by atoms with Crippen molar-refractivity contribution >= 4 is 11.1 Å². The summed E-state index contributed by atoms with van der Waals surface area (Å²) in [5.41, 5.74) is 4.48. The van der Waals surface area contributed by atoms with Crippen molar-refractivity contribution in [3.63, 3.8) is 0 Å². The first-order valence-corrected chi connectivity index (χ1v) is 15.0. The zero-order chi connectivity index (χ0) is 26.9. The molecule has 7 heteroatoms.